The van der Waals surface area contributed by atoms with Gasteiger partial charge in [-0.05, 0) is 46.0 Å². The molecule has 25 heavy (non-hydrogen) atoms. The number of hydrogen-bond donors (Lipinski definition) is 1. The molecule has 0 fully saturated rings. The molecule has 0 saturated heterocycles. The van der Waals surface area contributed by atoms with Gasteiger partial charge in [0.25, 0.3) is 0 Å². The maximum atomic E-state index is 12.6. The van der Waals surface area contributed by atoms with Crippen molar-refractivity contribution in [1.82, 2.24) is 0 Å². The van der Waals surface area contributed by atoms with Gasteiger partial charge >= 0.3 is 6.18 Å². The summed E-state index contributed by atoms with van der Waals surface area (Å²) in [4.78, 5) is 0. The molecule has 0 radical (unpaired) electrons. The summed E-state index contributed by atoms with van der Waals surface area (Å²) < 4.78 is 37.9. The van der Waals surface area contributed by atoms with Crippen molar-refractivity contribution in [2.45, 2.75) is 19.1 Å². The highest BCUT2D eigenvalue weighted by Crippen LogP contribution is 2.40. The van der Waals surface area contributed by atoms with E-state index >= 15 is 0 Å². The predicted molar refractivity (Wildman–Crippen MR) is 93.5 cm³/mol. The van der Waals surface area contributed by atoms with Gasteiger partial charge in [-0.15, -0.1) is 0 Å². The highest BCUT2D eigenvalue weighted by molar-refractivity contribution is 5.81. The van der Waals surface area contributed by atoms with Crippen LogP contribution in [0.5, 0.6) is 0 Å². The van der Waals surface area contributed by atoms with E-state index in [1.807, 2.05) is 24.3 Å². The fourth-order valence-corrected chi connectivity index (χ4v) is 3.33. The summed E-state index contributed by atoms with van der Waals surface area (Å²) in [5.74, 6) is 0. The lowest BCUT2D eigenvalue weighted by molar-refractivity contribution is -0.137. The minimum absolute atomic E-state index is 0.491. The molecule has 0 heterocycles. The van der Waals surface area contributed by atoms with Crippen LogP contribution in [0.2, 0.25) is 0 Å². The zero-order valence-corrected chi connectivity index (χ0v) is 13.4. The molecule has 1 N–H and O–H groups in total. The third-order valence-corrected chi connectivity index (χ3v) is 4.62. The van der Waals surface area contributed by atoms with Crippen LogP contribution in [0.3, 0.4) is 0 Å². The Balaban J connectivity index is 1.54. The van der Waals surface area contributed by atoms with E-state index in [0.717, 1.165) is 29.8 Å². The van der Waals surface area contributed by atoms with Crippen molar-refractivity contribution in [2.75, 3.05) is 5.32 Å². The molecule has 0 saturated carbocycles. The van der Waals surface area contributed by atoms with E-state index in [1.54, 1.807) is 0 Å². The molecule has 1 aliphatic carbocycles. The minimum atomic E-state index is -4.29. The number of fused-ring (bicyclic) bond motifs is 3. The number of rotatable bonds is 3. The van der Waals surface area contributed by atoms with Crippen molar-refractivity contribution < 1.29 is 13.2 Å². The molecule has 1 nitrogen and oxygen atoms in total. The SMILES string of the molecule is FC(F)(F)c1ccc(CNc2cccc3c2Cc2ccccc2-3)cc1. The van der Waals surface area contributed by atoms with Gasteiger partial charge in [0, 0.05) is 18.7 Å². The summed E-state index contributed by atoms with van der Waals surface area (Å²) in [5, 5.41) is 3.37. The Kier molecular flexibility index (Phi) is 3.75. The topological polar surface area (TPSA) is 12.0 Å². The Bertz CT molecular complexity index is 911. The second kappa shape index (κ2) is 5.96. The van der Waals surface area contributed by atoms with Gasteiger partial charge in [0.05, 0.1) is 5.56 Å². The number of anilines is 1. The average Bonchev–Trinajstić information content (AvgIpc) is 2.99. The maximum absolute atomic E-state index is 12.6. The van der Waals surface area contributed by atoms with Crippen LogP contribution in [0.15, 0.2) is 66.7 Å². The number of nitrogens with one attached hydrogen (secondary N) is 1. The van der Waals surface area contributed by atoms with Gasteiger partial charge in [-0.25, -0.2) is 0 Å². The Morgan fingerprint density at radius 1 is 0.800 bits per heavy atom. The molecule has 0 atom stereocenters. The molecule has 0 unspecified atom stereocenters. The van der Waals surface area contributed by atoms with Crippen LogP contribution in [-0.2, 0) is 19.1 Å². The van der Waals surface area contributed by atoms with Gasteiger partial charge in [0.1, 0.15) is 0 Å². The van der Waals surface area contributed by atoms with E-state index in [2.05, 4.69) is 23.5 Å². The molecule has 3 aromatic rings. The maximum Gasteiger partial charge on any atom is 0.416 e. The smallest absolute Gasteiger partial charge is 0.381 e. The van der Waals surface area contributed by atoms with E-state index in [1.165, 1.54) is 34.4 Å². The van der Waals surface area contributed by atoms with Gasteiger partial charge in [-0.3, -0.25) is 0 Å². The Morgan fingerprint density at radius 2 is 1.52 bits per heavy atom. The molecule has 4 rings (SSSR count). The van der Waals surface area contributed by atoms with Crippen LogP contribution >= 0.6 is 0 Å². The third-order valence-electron chi connectivity index (χ3n) is 4.62. The molecule has 0 bridgehead atoms. The first-order valence-electron chi connectivity index (χ1n) is 8.12. The van der Waals surface area contributed by atoms with Crippen molar-refractivity contribution in [2.24, 2.45) is 0 Å². The number of alkyl halides is 3. The Hall–Kier alpha value is -2.75. The second-order valence-electron chi connectivity index (χ2n) is 6.21. The lowest BCUT2D eigenvalue weighted by atomic mass is 10.0. The van der Waals surface area contributed by atoms with Crippen LogP contribution in [0.4, 0.5) is 18.9 Å². The molecule has 1 aliphatic rings. The first-order chi connectivity index (χ1) is 12.0. The van der Waals surface area contributed by atoms with E-state index < -0.39 is 11.7 Å². The van der Waals surface area contributed by atoms with Gasteiger partial charge in [0.15, 0.2) is 0 Å². The quantitative estimate of drug-likeness (QED) is 0.491. The normalized spacial score (nSPS) is 12.6. The van der Waals surface area contributed by atoms with Crippen molar-refractivity contribution >= 4 is 5.69 Å². The zero-order chi connectivity index (χ0) is 17.4. The van der Waals surface area contributed by atoms with Crippen molar-refractivity contribution in [3.05, 3.63) is 89.0 Å². The summed E-state index contributed by atoms with van der Waals surface area (Å²) in [5.41, 5.74) is 6.28. The third kappa shape index (κ3) is 3.00. The fraction of sp³-hybridized carbons (Fsp3) is 0.143. The number of benzene rings is 3. The van der Waals surface area contributed by atoms with Crippen LogP contribution < -0.4 is 5.32 Å². The Labute approximate surface area is 144 Å². The zero-order valence-electron chi connectivity index (χ0n) is 13.4. The highest BCUT2D eigenvalue weighted by Gasteiger charge is 2.29. The number of halogens is 3. The standard InChI is InChI=1S/C21H16F3N/c22-21(23,24)16-10-8-14(9-11-16)13-25-20-7-3-6-18-17-5-2-1-4-15(17)12-19(18)20/h1-11,25H,12-13H2. The monoisotopic (exact) mass is 339 g/mol. The van der Waals surface area contributed by atoms with Crippen LogP contribution in [0, 0.1) is 0 Å². The summed E-state index contributed by atoms with van der Waals surface area (Å²) in [6, 6.07) is 19.8. The van der Waals surface area contributed by atoms with E-state index in [9.17, 15) is 13.2 Å². The Morgan fingerprint density at radius 3 is 2.28 bits per heavy atom. The van der Waals surface area contributed by atoms with Crippen LogP contribution in [0.1, 0.15) is 22.3 Å². The second-order valence-corrected chi connectivity index (χ2v) is 6.21. The molecular formula is C21H16F3N. The summed E-state index contributed by atoms with van der Waals surface area (Å²) >= 11 is 0. The van der Waals surface area contributed by atoms with Gasteiger partial charge in [-0.1, -0.05) is 48.5 Å². The molecule has 0 spiro atoms. The van der Waals surface area contributed by atoms with E-state index in [0.29, 0.717) is 6.54 Å². The molecule has 3 aromatic carbocycles. The molecular weight excluding hydrogens is 323 g/mol. The number of hydrogen-bond acceptors (Lipinski definition) is 1. The first-order valence-corrected chi connectivity index (χ1v) is 8.12. The first kappa shape index (κ1) is 15.8. The molecule has 0 amide bonds. The molecule has 0 aliphatic heterocycles. The summed E-state index contributed by atoms with van der Waals surface area (Å²) in [6.07, 6.45) is -3.42. The van der Waals surface area contributed by atoms with Crippen molar-refractivity contribution in [3.63, 3.8) is 0 Å². The van der Waals surface area contributed by atoms with Gasteiger partial charge < -0.3 is 5.32 Å². The fourth-order valence-electron chi connectivity index (χ4n) is 3.33. The van der Waals surface area contributed by atoms with Gasteiger partial charge in [-0.2, -0.15) is 13.2 Å². The van der Waals surface area contributed by atoms with E-state index in [-0.39, 0.29) is 0 Å². The van der Waals surface area contributed by atoms with Crippen molar-refractivity contribution in [1.29, 1.82) is 0 Å². The molecule has 126 valence electrons. The van der Waals surface area contributed by atoms with Gasteiger partial charge in [0.2, 0.25) is 0 Å². The highest BCUT2D eigenvalue weighted by atomic mass is 19.4. The van der Waals surface area contributed by atoms with Crippen LogP contribution in [-0.4, -0.2) is 0 Å². The van der Waals surface area contributed by atoms with E-state index in [4.69, 9.17) is 0 Å². The minimum Gasteiger partial charge on any atom is -0.381 e. The van der Waals surface area contributed by atoms with Crippen LogP contribution in [0.25, 0.3) is 11.1 Å². The van der Waals surface area contributed by atoms with Crippen molar-refractivity contribution in [3.8, 4) is 11.1 Å². The summed E-state index contributed by atoms with van der Waals surface area (Å²) in [7, 11) is 0. The lowest BCUT2D eigenvalue weighted by Crippen LogP contribution is -2.06. The largest absolute Gasteiger partial charge is 0.416 e. The molecule has 0 aromatic heterocycles. The molecule has 4 heteroatoms. The predicted octanol–water partition coefficient (Wildman–Crippen LogP) is 5.89. The average molecular weight is 339 g/mol. The summed E-state index contributed by atoms with van der Waals surface area (Å²) in [6.45, 7) is 0.491. The lowest BCUT2D eigenvalue weighted by Gasteiger charge is -2.12.